The second kappa shape index (κ2) is 6.53. The van der Waals surface area contributed by atoms with Gasteiger partial charge in [-0.2, -0.15) is 0 Å². The average molecular weight is 275 g/mol. The summed E-state index contributed by atoms with van der Waals surface area (Å²) in [5.41, 5.74) is 1.22. The molecule has 0 aliphatic carbocycles. The Labute approximate surface area is 106 Å². The van der Waals surface area contributed by atoms with E-state index in [9.17, 15) is 13.2 Å². The Balaban J connectivity index is 2.28. The van der Waals surface area contributed by atoms with Crippen LogP contribution in [0.5, 0.6) is 0 Å². The van der Waals surface area contributed by atoms with E-state index >= 15 is 0 Å². The molecule has 1 aromatic rings. The zero-order valence-electron chi connectivity index (χ0n) is 10.3. The van der Waals surface area contributed by atoms with Crippen molar-refractivity contribution in [2.75, 3.05) is 26.5 Å². The summed E-state index contributed by atoms with van der Waals surface area (Å²) in [5, 5.41) is 3.03. The van der Waals surface area contributed by atoms with Crippen LogP contribution in [0.25, 0.3) is 0 Å². The summed E-state index contributed by atoms with van der Waals surface area (Å²) < 4.78 is 28.5. The van der Waals surface area contributed by atoms with E-state index < -0.39 is 16.0 Å². The van der Waals surface area contributed by atoms with Gasteiger partial charge in [0.05, 0.1) is 13.4 Å². The molecule has 0 atom stereocenters. The van der Waals surface area contributed by atoms with Gasteiger partial charge in [0.15, 0.2) is 0 Å². The molecule has 7 nitrogen and oxygen atoms in total. The Morgan fingerprint density at radius 3 is 2.72 bits per heavy atom. The van der Waals surface area contributed by atoms with E-state index in [0.717, 1.165) is 11.9 Å². The van der Waals surface area contributed by atoms with Gasteiger partial charge in [0, 0.05) is 25.3 Å². The third-order valence-corrected chi connectivity index (χ3v) is 2.86. The SMILES string of the molecule is COC(=O)c1ccc(CNCCNS(C)(=O)=O)[nH]1. The van der Waals surface area contributed by atoms with Gasteiger partial charge in [-0.1, -0.05) is 0 Å². The van der Waals surface area contributed by atoms with Gasteiger partial charge in [0.2, 0.25) is 10.0 Å². The Morgan fingerprint density at radius 2 is 2.11 bits per heavy atom. The van der Waals surface area contributed by atoms with Crippen LogP contribution in [0, 0.1) is 0 Å². The molecule has 0 unspecified atom stereocenters. The number of methoxy groups -OCH3 is 1. The first kappa shape index (κ1) is 14.7. The number of carbonyl (C=O) groups is 1. The Kier molecular flexibility index (Phi) is 5.32. The maximum absolute atomic E-state index is 11.2. The first-order chi connectivity index (χ1) is 8.42. The summed E-state index contributed by atoms with van der Waals surface area (Å²) in [6.45, 7) is 1.34. The number of sulfonamides is 1. The predicted octanol–water partition coefficient (Wildman–Crippen LogP) is -0.560. The molecular formula is C10H17N3O4S. The number of esters is 1. The average Bonchev–Trinajstić information content (AvgIpc) is 2.75. The highest BCUT2D eigenvalue weighted by Gasteiger charge is 2.07. The fourth-order valence-electron chi connectivity index (χ4n) is 1.32. The maximum atomic E-state index is 11.2. The van der Waals surface area contributed by atoms with Crippen molar-refractivity contribution in [3.05, 3.63) is 23.5 Å². The summed E-state index contributed by atoms with van der Waals surface area (Å²) >= 11 is 0. The zero-order chi connectivity index (χ0) is 13.6. The molecule has 1 heterocycles. The largest absolute Gasteiger partial charge is 0.464 e. The van der Waals surface area contributed by atoms with Crippen LogP contribution in [0.15, 0.2) is 12.1 Å². The van der Waals surface area contributed by atoms with Crippen molar-refractivity contribution < 1.29 is 17.9 Å². The van der Waals surface area contributed by atoms with E-state index in [0.29, 0.717) is 25.3 Å². The number of hydrogen-bond donors (Lipinski definition) is 3. The molecule has 0 spiro atoms. The van der Waals surface area contributed by atoms with E-state index in [2.05, 4.69) is 19.8 Å². The van der Waals surface area contributed by atoms with Crippen molar-refractivity contribution in [1.29, 1.82) is 0 Å². The molecule has 0 radical (unpaired) electrons. The van der Waals surface area contributed by atoms with Crippen molar-refractivity contribution in [3.8, 4) is 0 Å². The minimum absolute atomic E-state index is 0.323. The Bertz CT molecular complexity index is 495. The lowest BCUT2D eigenvalue weighted by Crippen LogP contribution is -2.30. The van der Waals surface area contributed by atoms with Gasteiger partial charge in [0.25, 0.3) is 0 Å². The lowest BCUT2D eigenvalue weighted by Gasteiger charge is -2.04. The molecule has 0 saturated heterocycles. The Hall–Kier alpha value is -1.38. The fourth-order valence-corrected chi connectivity index (χ4v) is 1.79. The van der Waals surface area contributed by atoms with Gasteiger partial charge >= 0.3 is 5.97 Å². The van der Waals surface area contributed by atoms with Crippen molar-refractivity contribution in [3.63, 3.8) is 0 Å². The molecule has 0 amide bonds. The molecule has 0 aliphatic heterocycles. The van der Waals surface area contributed by atoms with Crippen LogP contribution in [0.2, 0.25) is 0 Å². The normalized spacial score (nSPS) is 11.4. The van der Waals surface area contributed by atoms with Crippen LogP contribution >= 0.6 is 0 Å². The van der Waals surface area contributed by atoms with E-state index in [1.54, 1.807) is 12.1 Å². The van der Waals surface area contributed by atoms with Crippen LogP contribution < -0.4 is 10.0 Å². The van der Waals surface area contributed by atoms with E-state index in [1.807, 2.05) is 0 Å². The third-order valence-electron chi connectivity index (χ3n) is 2.13. The number of H-pyrrole nitrogens is 1. The van der Waals surface area contributed by atoms with Crippen LogP contribution in [-0.4, -0.2) is 45.8 Å². The number of carbonyl (C=O) groups excluding carboxylic acids is 1. The first-order valence-electron chi connectivity index (χ1n) is 5.34. The van der Waals surface area contributed by atoms with Gasteiger partial charge in [-0.25, -0.2) is 17.9 Å². The highest BCUT2D eigenvalue weighted by atomic mass is 32.2. The van der Waals surface area contributed by atoms with Crippen LogP contribution in [0.3, 0.4) is 0 Å². The summed E-state index contributed by atoms with van der Waals surface area (Å²) in [6.07, 6.45) is 1.11. The highest BCUT2D eigenvalue weighted by Crippen LogP contribution is 2.02. The zero-order valence-corrected chi connectivity index (χ0v) is 11.1. The quantitative estimate of drug-likeness (QED) is 0.457. The van der Waals surface area contributed by atoms with Gasteiger partial charge < -0.3 is 15.0 Å². The van der Waals surface area contributed by atoms with Crippen LogP contribution in [0.1, 0.15) is 16.2 Å². The fraction of sp³-hybridized carbons (Fsp3) is 0.500. The van der Waals surface area contributed by atoms with Crippen LogP contribution in [-0.2, 0) is 21.3 Å². The lowest BCUT2D eigenvalue weighted by molar-refractivity contribution is 0.0594. The molecule has 102 valence electrons. The lowest BCUT2D eigenvalue weighted by atomic mass is 10.4. The van der Waals surface area contributed by atoms with Gasteiger partial charge in [-0.05, 0) is 12.1 Å². The number of rotatable bonds is 7. The molecule has 0 bridgehead atoms. The van der Waals surface area contributed by atoms with E-state index in [-0.39, 0.29) is 0 Å². The Morgan fingerprint density at radius 1 is 1.39 bits per heavy atom. The minimum Gasteiger partial charge on any atom is -0.464 e. The van der Waals surface area contributed by atoms with Gasteiger partial charge in [0.1, 0.15) is 5.69 Å². The van der Waals surface area contributed by atoms with Gasteiger partial charge in [-0.3, -0.25) is 0 Å². The molecule has 0 fully saturated rings. The topological polar surface area (TPSA) is 100 Å². The predicted molar refractivity (Wildman–Crippen MR) is 66.7 cm³/mol. The number of aromatic nitrogens is 1. The molecular weight excluding hydrogens is 258 g/mol. The summed E-state index contributed by atoms with van der Waals surface area (Å²) in [7, 11) is -1.82. The smallest absolute Gasteiger partial charge is 0.354 e. The van der Waals surface area contributed by atoms with E-state index in [4.69, 9.17) is 0 Å². The molecule has 0 saturated carbocycles. The molecule has 1 rings (SSSR count). The van der Waals surface area contributed by atoms with Crippen LogP contribution in [0.4, 0.5) is 0 Å². The first-order valence-corrected chi connectivity index (χ1v) is 7.23. The molecule has 18 heavy (non-hydrogen) atoms. The third kappa shape index (κ3) is 5.30. The number of nitrogens with one attached hydrogen (secondary N) is 3. The summed E-state index contributed by atoms with van der Waals surface area (Å²) in [6, 6.07) is 3.40. The summed E-state index contributed by atoms with van der Waals surface area (Å²) in [5.74, 6) is -0.417. The molecule has 0 aromatic carbocycles. The molecule has 8 heteroatoms. The van der Waals surface area contributed by atoms with Crippen molar-refractivity contribution >= 4 is 16.0 Å². The second-order valence-corrected chi connectivity index (χ2v) is 5.57. The molecule has 3 N–H and O–H groups in total. The summed E-state index contributed by atoms with van der Waals surface area (Å²) in [4.78, 5) is 14.1. The second-order valence-electron chi connectivity index (χ2n) is 3.73. The maximum Gasteiger partial charge on any atom is 0.354 e. The number of aromatic amines is 1. The monoisotopic (exact) mass is 275 g/mol. The molecule has 1 aromatic heterocycles. The van der Waals surface area contributed by atoms with Crippen molar-refractivity contribution in [1.82, 2.24) is 15.0 Å². The molecule has 0 aliphatic rings. The van der Waals surface area contributed by atoms with Gasteiger partial charge in [-0.15, -0.1) is 0 Å². The highest BCUT2D eigenvalue weighted by molar-refractivity contribution is 7.88. The van der Waals surface area contributed by atoms with Crippen molar-refractivity contribution in [2.45, 2.75) is 6.54 Å². The number of ether oxygens (including phenoxy) is 1. The van der Waals surface area contributed by atoms with E-state index in [1.165, 1.54) is 7.11 Å². The van der Waals surface area contributed by atoms with Crippen molar-refractivity contribution in [2.24, 2.45) is 0 Å². The number of hydrogen-bond acceptors (Lipinski definition) is 5. The standard InChI is InChI=1S/C10H17N3O4S/c1-17-10(14)9-4-3-8(13-9)7-11-5-6-12-18(2,15)16/h3-4,11-13H,5-7H2,1-2H3. The minimum atomic E-state index is -3.14.